The third-order valence-electron chi connectivity index (χ3n) is 6.13. The number of nitrogens with two attached hydrogens (primary N) is 1. The summed E-state index contributed by atoms with van der Waals surface area (Å²) in [4.78, 5) is 15.1. The molecule has 0 aliphatic heterocycles. The zero-order chi connectivity index (χ0) is 17.8. The zero-order valence-electron chi connectivity index (χ0n) is 15.3. The molecule has 3 nitrogen and oxygen atoms in total. The highest BCUT2D eigenvalue weighted by molar-refractivity contribution is 5.79. The van der Waals surface area contributed by atoms with Crippen LogP contribution in [0.5, 0.6) is 0 Å². The maximum Gasteiger partial charge on any atom is 0.225 e. The predicted molar refractivity (Wildman–Crippen MR) is 98.5 cm³/mol. The van der Waals surface area contributed by atoms with E-state index in [1.165, 1.54) is 25.3 Å². The van der Waals surface area contributed by atoms with Crippen molar-refractivity contribution >= 4 is 5.91 Å². The smallest absolute Gasteiger partial charge is 0.225 e. The molecule has 2 fully saturated rings. The Bertz CT molecular complexity index is 577. The summed E-state index contributed by atoms with van der Waals surface area (Å²) in [7, 11) is 0. The average Bonchev–Trinajstić information content (AvgIpc) is 2.58. The number of nitrogens with zero attached hydrogens (tertiary/aromatic N) is 1. The molecule has 0 saturated heterocycles. The molecule has 1 aromatic rings. The summed E-state index contributed by atoms with van der Waals surface area (Å²) in [6.45, 7) is 3.56. The Morgan fingerprint density at radius 1 is 1.24 bits per heavy atom. The molecule has 2 N–H and O–H groups in total. The van der Waals surface area contributed by atoms with Crippen LogP contribution in [-0.4, -0.2) is 29.9 Å². The lowest BCUT2D eigenvalue weighted by atomic mass is 9.65. The standard InChI is InChI=1S/C21H31FN2O/c1-2-10-24(11-9-15-5-3-8-19(22)12-15)21(25)18-13-16-6-4-7-17(14-18)20(16)23/h3,5,8,12,16-18,20H,2,4,6-7,9-11,13-14,23H2,1H3. The molecular formula is C21H31FN2O. The Labute approximate surface area is 150 Å². The summed E-state index contributed by atoms with van der Waals surface area (Å²) in [6, 6.07) is 6.99. The number of fused-ring (bicyclic) bond motifs is 2. The molecule has 2 atom stereocenters. The summed E-state index contributed by atoms with van der Waals surface area (Å²) < 4.78 is 13.4. The fourth-order valence-corrected chi connectivity index (χ4v) is 4.81. The van der Waals surface area contributed by atoms with E-state index in [1.807, 2.05) is 11.0 Å². The van der Waals surface area contributed by atoms with Gasteiger partial charge >= 0.3 is 0 Å². The van der Waals surface area contributed by atoms with Crippen molar-refractivity contribution in [2.24, 2.45) is 23.5 Å². The second kappa shape index (κ2) is 8.31. The van der Waals surface area contributed by atoms with Crippen LogP contribution in [0.1, 0.15) is 51.0 Å². The molecule has 1 aromatic carbocycles. The average molecular weight is 346 g/mol. The molecule has 2 aliphatic rings. The zero-order valence-corrected chi connectivity index (χ0v) is 15.3. The van der Waals surface area contributed by atoms with Crippen molar-refractivity contribution in [1.82, 2.24) is 4.90 Å². The Kier molecular flexibility index (Phi) is 6.10. The molecule has 4 heteroatoms. The van der Waals surface area contributed by atoms with Gasteiger partial charge in [-0.2, -0.15) is 0 Å². The van der Waals surface area contributed by atoms with Gasteiger partial charge in [-0.3, -0.25) is 4.79 Å². The highest BCUT2D eigenvalue weighted by Crippen LogP contribution is 2.42. The molecular weight excluding hydrogens is 315 g/mol. The quantitative estimate of drug-likeness (QED) is 0.852. The highest BCUT2D eigenvalue weighted by Gasteiger charge is 2.41. The van der Waals surface area contributed by atoms with Gasteiger partial charge in [0.2, 0.25) is 5.91 Å². The summed E-state index contributed by atoms with van der Waals surface area (Å²) in [5.74, 6) is 1.26. The first-order valence-corrected chi connectivity index (χ1v) is 9.87. The van der Waals surface area contributed by atoms with Crippen LogP contribution in [0.3, 0.4) is 0 Å². The maximum atomic E-state index is 13.4. The van der Waals surface area contributed by atoms with E-state index in [2.05, 4.69) is 6.92 Å². The fourth-order valence-electron chi connectivity index (χ4n) is 4.81. The minimum Gasteiger partial charge on any atom is -0.342 e. The maximum absolute atomic E-state index is 13.4. The van der Waals surface area contributed by atoms with Crippen molar-refractivity contribution < 1.29 is 9.18 Å². The molecule has 2 saturated carbocycles. The van der Waals surface area contributed by atoms with Gasteiger partial charge in [0, 0.05) is 25.0 Å². The first-order chi connectivity index (χ1) is 12.1. The fraction of sp³-hybridized carbons (Fsp3) is 0.667. The highest BCUT2D eigenvalue weighted by atomic mass is 19.1. The second-order valence-corrected chi connectivity index (χ2v) is 7.90. The van der Waals surface area contributed by atoms with Gasteiger partial charge in [0.25, 0.3) is 0 Å². The molecule has 0 radical (unpaired) electrons. The van der Waals surface area contributed by atoms with E-state index in [0.717, 1.165) is 31.4 Å². The van der Waals surface area contributed by atoms with Gasteiger partial charge in [0.15, 0.2) is 0 Å². The lowest BCUT2D eigenvalue weighted by Gasteiger charge is -2.44. The molecule has 138 valence electrons. The Hall–Kier alpha value is -1.42. The molecule has 0 spiro atoms. The molecule has 3 rings (SSSR count). The lowest BCUT2D eigenvalue weighted by molar-refractivity contribution is -0.138. The van der Waals surface area contributed by atoms with Gasteiger partial charge in [0.1, 0.15) is 5.82 Å². The molecule has 0 aromatic heterocycles. The number of rotatable bonds is 6. The van der Waals surface area contributed by atoms with Gasteiger partial charge in [-0.1, -0.05) is 25.5 Å². The number of hydrogen-bond donors (Lipinski definition) is 1. The van der Waals surface area contributed by atoms with Crippen LogP contribution in [-0.2, 0) is 11.2 Å². The molecule has 1 amide bonds. The summed E-state index contributed by atoms with van der Waals surface area (Å²) in [5.41, 5.74) is 7.32. The van der Waals surface area contributed by atoms with Gasteiger partial charge in [-0.05, 0) is 68.1 Å². The number of amides is 1. The first-order valence-electron chi connectivity index (χ1n) is 9.87. The van der Waals surface area contributed by atoms with E-state index >= 15 is 0 Å². The number of benzene rings is 1. The van der Waals surface area contributed by atoms with E-state index in [1.54, 1.807) is 12.1 Å². The predicted octanol–water partition coefficient (Wildman–Crippen LogP) is 3.76. The van der Waals surface area contributed by atoms with Gasteiger partial charge in [0.05, 0.1) is 0 Å². The number of halogens is 1. The minimum atomic E-state index is -0.208. The SMILES string of the molecule is CCCN(CCc1cccc(F)c1)C(=O)C1CC2CCCC(C1)C2N. The Balaban J connectivity index is 1.62. The summed E-state index contributed by atoms with van der Waals surface area (Å²) in [5, 5.41) is 0. The van der Waals surface area contributed by atoms with Crippen LogP contribution in [0.2, 0.25) is 0 Å². The van der Waals surface area contributed by atoms with Gasteiger partial charge in [-0.25, -0.2) is 4.39 Å². The van der Waals surface area contributed by atoms with Crippen LogP contribution >= 0.6 is 0 Å². The number of hydrogen-bond acceptors (Lipinski definition) is 2. The molecule has 0 heterocycles. The monoisotopic (exact) mass is 346 g/mol. The second-order valence-electron chi connectivity index (χ2n) is 7.90. The van der Waals surface area contributed by atoms with Crippen molar-refractivity contribution in [3.63, 3.8) is 0 Å². The molecule has 2 bridgehead atoms. The van der Waals surface area contributed by atoms with Crippen molar-refractivity contribution in [2.75, 3.05) is 13.1 Å². The van der Waals surface area contributed by atoms with Crippen molar-refractivity contribution in [1.29, 1.82) is 0 Å². The van der Waals surface area contributed by atoms with Crippen molar-refractivity contribution in [2.45, 2.75) is 57.9 Å². The summed E-state index contributed by atoms with van der Waals surface area (Å²) in [6.07, 6.45) is 7.20. The topological polar surface area (TPSA) is 46.3 Å². The van der Waals surface area contributed by atoms with Crippen molar-refractivity contribution in [3.05, 3.63) is 35.6 Å². The number of carbonyl (C=O) groups is 1. The third kappa shape index (κ3) is 4.41. The Morgan fingerprint density at radius 3 is 2.60 bits per heavy atom. The van der Waals surface area contributed by atoms with Gasteiger partial charge < -0.3 is 10.6 Å². The van der Waals surface area contributed by atoms with Crippen molar-refractivity contribution in [3.8, 4) is 0 Å². The van der Waals surface area contributed by atoms with E-state index in [9.17, 15) is 9.18 Å². The van der Waals surface area contributed by atoms with Crippen LogP contribution in [0.15, 0.2) is 24.3 Å². The van der Waals surface area contributed by atoms with Crippen LogP contribution < -0.4 is 5.73 Å². The molecule has 25 heavy (non-hydrogen) atoms. The van der Waals surface area contributed by atoms with E-state index < -0.39 is 0 Å². The lowest BCUT2D eigenvalue weighted by Crippen LogP contribution is -2.50. The van der Waals surface area contributed by atoms with Crippen LogP contribution in [0.4, 0.5) is 4.39 Å². The van der Waals surface area contributed by atoms with E-state index in [-0.39, 0.29) is 11.7 Å². The minimum absolute atomic E-state index is 0.133. The van der Waals surface area contributed by atoms with Crippen LogP contribution in [0, 0.1) is 23.6 Å². The number of carbonyl (C=O) groups excluding carboxylic acids is 1. The van der Waals surface area contributed by atoms with Gasteiger partial charge in [-0.15, -0.1) is 0 Å². The van der Waals surface area contributed by atoms with E-state index in [0.29, 0.717) is 36.8 Å². The molecule has 2 unspecified atom stereocenters. The third-order valence-corrected chi connectivity index (χ3v) is 6.13. The summed E-state index contributed by atoms with van der Waals surface area (Å²) >= 11 is 0. The Morgan fingerprint density at radius 2 is 1.96 bits per heavy atom. The van der Waals surface area contributed by atoms with E-state index in [4.69, 9.17) is 5.73 Å². The first kappa shape index (κ1) is 18.4. The normalized spacial score (nSPS) is 28.6. The largest absolute Gasteiger partial charge is 0.342 e. The molecule has 2 aliphatic carbocycles. The van der Waals surface area contributed by atoms with Crippen LogP contribution in [0.25, 0.3) is 0 Å².